The second kappa shape index (κ2) is 7.60. The van der Waals surface area contributed by atoms with E-state index in [2.05, 4.69) is 4.98 Å². The molecule has 0 N–H and O–H groups in total. The van der Waals surface area contributed by atoms with E-state index in [1.54, 1.807) is 49.2 Å². The zero-order valence-electron chi connectivity index (χ0n) is 16.0. The van der Waals surface area contributed by atoms with Gasteiger partial charge in [0.15, 0.2) is 11.2 Å². The monoisotopic (exact) mass is 410 g/mol. The number of ether oxygens (including phenoxy) is 1. The van der Waals surface area contributed by atoms with Gasteiger partial charge in [-0.2, -0.15) is 0 Å². The fourth-order valence-corrected chi connectivity index (χ4v) is 3.49. The highest BCUT2D eigenvalue weighted by Gasteiger charge is 2.18. The first-order valence-corrected chi connectivity index (χ1v) is 9.51. The van der Waals surface area contributed by atoms with Crippen molar-refractivity contribution < 1.29 is 4.74 Å². The van der Waals surface area contributed by atoms with Crippen LogP contribution < -0.4 is 16.0 Å². The van der Waals surface area contributed by atoms with Crippen LogP contribution in [0.15, 0.2) is 64.4 Å². The van der Waals surface area contributed by atoms with Gasteiger partial charge in [-0.25, -0.2) is 14.3 Å². The van der Waals surface area contributed by atoms with E-state index < -0.39 is 5.69 Å². The molecule has 0 aliphatic rings. The van der Waals surface area contributed by atoms with Crippen molar-refractivity contribution in [1.82, 2.24) is 18.7 Å². The second-order valence-corrected chi connectivity index (χ2v) is 6.98. The van der Waals surface area contributed by atoms with E-state index in [1.807, 2.05) is 24.3 Å². The van der Waals surface area contributed by atoms with Gasteiger partial charge in [-0.05, 0) is 48.9 Å². The van der Waals surface area contributed by atoms with E-state index in [9.17, 15) is 9.59 Å². The lowest BCUT2D eigenvalue weighted by Gasteiger charge is -2.12. The van der Waals surface area contributed by atoms with E-state index in [4.69, 9.17) is 16.3 Å². The molecule has 0 saturated heterocycles. The molecule has 0 bridgehead atoms. The number of hydrogen-bond donors (Lipinski definition) is 0. The zero-order valence-corrected chi connectivity index (χ0v) is 16.8. The summed E-state index contributed by atoms with van der Waals surface area (Å²) in [5.41, 5.74) is 1.43. The highest BCUT2D eigenvalue weighted by molar-refractivity contribution is 6.30. The summed E-state index contributed by atoms with van der Waals surface area (Å²) in [7, 11) is 1.61. The summed E-state index contributed by atoms with van der Waals surface area (Å²) in [5.74, 6) is 0.732. The lowest BCUT2D eigenvalue weighted by Crippen LogP contribution is -2.39. The Hall–Kier alpha value is -3.32. The molecule has 0 saturated carbocycles. The minimum absolute atomic E-state index is 0.255. The third-order valence-electron chi connectivity index (χ3n) is 4.79. The van der Waals surface area contributed by atoms with Crippen LogP contribution in [-0.4, -0.2) is 25.8 Å². The molecule has 2 aromatic carbocycles. The van der Waals surface area contributed by atoms with Crippen LogP contribution in [0.25, 0.3) is 16.9 Å². The standard InChI is InChI=1S/C21H19ClN4O3/c1-3-25-20(27)18-19(26(21(25)28)16-9-7-15(22)8-10-16)23-13-24(18)12-14-5-4-6-17(11-14)29-2/h4-11,13H,3,12H2,1-2H3. The van der Waals surface area contributed by atoms with Gasteiger partial charge < -0.3 is 9.30 Å². The third-order valence-corrected chi connectivity index (χ3v) is 5.04. The van der Waals surface area contributed by atoms with E-state index in [0.717, 1.165) is 11.3 Å². The van der Waals surface area contributed by atoms with Crippen molar-refractivity contribution in [3.05, 3.63) is 86.3 Å². The van der Waals surface area contributed by atoms with E-state index in [-0.39, 0.29) is 12.1 Å². The summed E-state index contributed by atoms with van der Waals surface area (Å²) in [5, 5.41) is 0.561. The molecule has 4 aromatic rings. The first-order valence-electron chi connectivity index (χ1n) is 9.13. The molecule has 8 heteroatoms. The maximum atomic E-state index is 13.1. The van der Waals surface area contributed by atoms with Gasteiger partial charge in [0.1, 0.15) is 5.75 Å². The van der Waals surface area contributed by atoms with Crippen LogP contribution in [0.3, 0.4) is 0 Å². The molecule has 0 atom stereocenters. The zero-order chi connectivity index (χ0) is 20.5. The number of methoxy groups -OCH3 is 1. The van der Waals surface area contributed by atoms with Crippen LogP contribution >= 0.6 is 11.6 Å². The Bertz CT molecular complexity index is 1300. The van der Waals surface area contributed by atoms with E-state index in [0.29, 0.717) is 28.4 Å². The van der Waals surface area contributed by atoms with Crippen molar-refractivity contribution in [2.75, 3.05) is 7.11 Å². The van der Waals surface area contributed by atoms with Crippen molar-refractivity contribution in [2.45, 2.75) is 20.0 Å². The molecule has 148 valence electrons. The molecular formula is C21H19ClN4O3. The van der Waals surface area contributed by atoms with Crippen molar-refractivity contribution in [1.29, 1.82) is 0 Å². The SMILES string of the molecule is CCn1c(=O)c2c(ncn2Cc2cccc(OC)c2)n(-c2ccc(Cl)cc2)c1=O. The van der Waals surface area contributed by atoms with Crippen LogP contribution in [0.5, 0.6) is 5.75 Å². The minimum Gasteiger partial charge on any atom is -0.497 e. The molecule has 0 unspecified atom stereocenters. The number of aromatic nitrogens is 4. The molecule has 7 nitrogen and oxygen atoms in total. The van der Waals surface area contributed by atoms with Crippen molar-refractivity contribution in [3.63, 3.8) is 0 Å². The first-order chi connectivity index (χ1) is 14.0. The quantitative estimate of drug-likeness (QED) is 0.507. The molecule has 4 rings (SSSR count). The summed E-state index contributed by atoms with van der Waals surface area (Å²) in [6.45, 7) is 2.45. The molecule has 0 spiro atoms. The van der Waals surface area contributed by atoms with Crippen LogP contribution in [0.2, 0.25) is 5.02 Å². The summed E-state index contributed by atoms with van der Waals surface area (Å²) >= 11 is 5.99. The highest BCUT2D eigenvalue weighted by atomic mass is 35.5. The van der Waals surface area contributed by atoms with Gasteiger partial charge in [-0.15, -0.1) is 0 Å². The Morgan fingerprint density at radius 2 is 1.86 bits per heavy atom. The molecule has 0 radical (unpaired) electrons. The first kappa shape index (κ1) is 19.0. The molecule has 2 heterocycles. The smallest absolute Gasteiger partial charge is 0.337 e. The highest BCUT2D eigenvalue weighted by Crippen LogP contribution is 2.18. The van der Waals surface area contributed by atoms with Gasteiger partial charge in [0, 0.05) is 18.1 Å². The van der Waals surface area contributed by atoms with Gasteiger partial charge in [0.2, 0.25) is 0 Å². The van der Waals surface area contributed by atoms with Crippen LogP contribution in [0.4, 0.5) is 0 Å². The Labute approximate surface area is 171 Å². The lowest BCUT2D eigenvalue weighted by molar-refractivity contribution is 0.414. The number of imidazole rings is 1. The molecule has 0 amide bonds. The number of rotatable bonds is 5. The summed E-state index contributed by atoms with van der Waals surface area (Å²) in [4.78, 5) is 30.5. The normalized spacial score (nSPS) is 11.1. The van der Waals surface area contributed by atoms with E-state index >= 15 is 0 Å². The Morgan fingerprint density at radius 3 is 2.55 bits per heavy atom. The summed E-state index contributed by atoms with van der Waals surface area (Å²) in [6, 6.07) is 14.5. The Morgan fingerprint density at radius 1 is 1.10 bits per heavy atom. The van der Waals surface area contributed by atoms with Crippen molar-refractivity contribution in [2.24, 2.45) is 0 Å². The van der Waals surface area contributed by atoms with Crippen LogP contribution in [-0.2, 0) is 13.1 Å². The van der Waals surface area contributed by atoms with Gasteiger partial charge >= 0.3 is 5.69 Å². The maximum absolute atomic E-state index is 13.1. The Kier molecular flexibility index (Phi) is 4.98. The molecule has 29 heavy (non-hydrogen) atoms. The Balaban J connectivity index is 1.95. The van der Waals surface area contributed by atoms with Gasteiger partial charge in [-0.1, -0.05) is 23.7 Å². The molecule has 0 aliphatic heterocycles. The number of nitrogens with zero attached hydrogens (tertiary/aromatic N) is 4. The van der Waals surface area contributed by atoms with Crippen molar-refractivity contribution in [3.8, 4) is 11.4 Å². The van der Waals surface area contributed by atoms with Crippen LogP contribution in [0, 0.1) is 0 Å². The number of halogens is 1. The predicted molar refractivity (Wildman–Crippen MR) is 112 cm³/mol. The summed E-state index contributed by atoms with van der Waals surface area (Å²) in [6.07, 6.45) is 1.58. The maximum Gasteiger partial charge on any atom is 0.337 e. The second-order valence-electron chi connectivity index (χ2n) is 6.54. The van der Waals surface area contributed by atoms with Crippen molar-refractivity contribution >= 4 is 22.8 Å². The fourth-order valence-electron chi connectivity index (χ4n) is 3.37. The van der Waals surface area contributed by atoms with Gasteiger partial charge in [0.05, 0.1) is 19.1 Å². The largest absolute Gasteiger partial charge is 0.497 e. The molecule has 0 aliphatic carbocycles. The van der Waals surface area contributed by atoms with Crippen LogP contribution in [0.1, 0.15) is 12.5 Å². The number of fused-ring (bicyclic) bond motifs is 1. The predicted octanol–water partition coefficient (Wildman–Crippen LogP) is 3.08. The topological polar surface area (TPSA) is 71.0 Å². The lowest BCUT2D eigenvalue weighted by atomic mass is 10.2. The summed E-state index contributed by atoms with van der Waals surface area (Å²) < 4.78 is 9.68. The molecule has 0 fully saturated rings. The van der Waals surface area contributed by atoms with E-state index in [1.165, 1.54) is 9.13 Å². The average molecular weight is 411 g/mol. The van der Waals surface area contributed by atoms with Gasteiger partial charge in [-0.3, -0.25) is 9.36 Å². The fraction of sp³-hybridized carbons (Fsp3) is 0.190. The minimum atomic E-state index is -0.432. The van der Waals surface area contributed by atoms with Gasteiger partial charge in [0.25, 0.3) is 5.56 Å². The number of benzene rings is 2. The number of hydrogen-bond acceptors (Lipinski definition) is 4. The third kappa shape index (κ3) is 3.34. The molecular weight excluding hydrogens is 392 g/mol. The molecule has 2 aromatic heterocycles. The average Bonchev–Trinajstić information content (AvgIpc) is 3.13.